The Kier molecular flexibility index (Phi) is 6.14. The first kappa shape index (κ1) is 18.7. The summed E-state index contributed by atoms with van der Waals surface area (Å²) >= 11 is 6.13. The van der Waals surface area contributed by atoms with Crippen LogP contribution in [-0.4, -0.2) is 56.0 Å². The van der Waals surface area contributed by atoms with Gasteiger partial charge < -0.3 is 15.0 Å². The molecule has 0 radical (unpaired) electrons. The lowest BCUT2D eigenvalue weighted by atomic mass is 10.0. The lowest BCUT2D eigenvalue weighted by molar-refractivity contribution is -0.118. The number of carbonyl (C=O) groups excluding carboxylic acids is 1. The molecule has 26 heavy (non-hydrogen) atoms. The van der Waals surface area contributed by atoms with Gasteiger partial charge in [0.2, 0.25) is 5.91 Å². The number of nitrogens with one attached hydrogen (secondary N) is 1. The van der Waals surface area contributed by atoms with Gasteiger partial charge in [0.1, 0.15) is 5.75 Å². The number of halogens is 1. The summed E-state index contributed by atoms with van der Waals surface area (Å²) in [6.07, 6.45) is 0. The predicted octanol–water partition coefficient (Wildman–Crippen LogP) is 3.28. The van der Waals surface area contributed by atoms with Crippen LogP contribution in [-0.2, 0) is 4.79 Å². The second-order valence-electron chi connectivity index (χ2n) is 6.56. The third-order valence-electron chi connectivity index (χ3n) is 4.66. The number of piperazine rings is 1. The fraction of sp³-hybridized carbons (Fsp3) is 0.350. The molecule has 1 unspecified atom stereocenters. The number of carbonyl (C=O) groups is 1. The van der Waals surface area contributed by atoms with Crippen molar-refractivity contribution in [3.05, 3.63) is 59.1 Å². The van der Waals surface area contributed by atoms with Gasteiger partial charge in [0.05, 0.1) is 18.7 Å². The zero-order chi connectivity index (χ0) is 18.5. The van der Waals surface area contributed by atoms with Gasteiger partial charge in [-0.05, 0) is 30.8 Å². The van der Waals surface area contributed by atoms with Crippen LogP contribution in [0, 0.1) is 0 Å². The first-order valence-electron chi connectivity index (χ1n) is 8.67. The van der Waals surface area contributed by atoms with E-state index in [0.717, 1.165) is 19.6 Å². The van der Waals surface area contributed by atoms with Gasteiger partial charge in [-0.15, -0.1) is 0 Å². The molecule has 1 heterocycles. The molecule has 5 nitrogen and oxygen atoms in total. The molecule has 2 aromatic rings. The molecule has 1 aliphatic heterocycles. The van der Waals surface area contributed by atoms with Crippen molar-refractivity contribution in [2.75, 3.05) is 45.7 Å². The van der Waals surface area contributed by atoms with E-state index >= 15 is 0 Å². The molecule has 3 rings (SSSR count). The first-order valence-corrected chi connectivity index (χ1v) is 9.05. The fourth-order valence-electron chi connectivity index (χ4n) is 3.27. The van der Waals surface area contributed by atoms with Crippen molar-refractivity contribution in [3.8, 4) is 5.75 Å². The highest BCUT2D eigenvalue weighted by Gasteiger charge is 2.28. The van der Waals surface area contributed by atoms with Crippen molar-refractivity contribution in [3.63, 3.8) is 0 Å². The molecule has 1 aliphatic rings. The van der Waals surface area contributed by atoms with Crippen LogP contribution in [0.25, 0.3) is 0 Å². The van der Waals surface area contributed by atoms with E-state index in [1.54, 1.807) is 25.3 Å². The number of hydrogen-bond acceptors (Lipinski definition) is 4. The van der Waals surface area contributed by atoms with E-state index in [4.69, 9.17) is 16.3 Å². The molecule has 0 spiro atoms. The molecular formula is C20H24ClN3O2. The monoisotopic (exact) mass is 373 g/mol. The average molecular weight is 374 g/mol. The van der Waals surface area contributed by atoms with Crippen molar-refractivity contribution in [2.45, 2.75) is 6.04 Å². The van der Waals surface area contributed by atoms with Gasteiger partial charge in [-0.25, -0.2) is 0 Å². The maximum absolute atomic E-state index is 12.6. The summed E-state index contributed by atoms with van der Waals surface area (Å²) < 4.78 is 5.14. The number of ether oxygens (including phenoxy) is 1. The minimum absolute atomic E-state index is 0.0447. The lowest BCUT2D eigenvalue weighted by Crippen LogP contribution is -2.49. The molecule has 1 atom stereocenters. The molecule has 1 saturated heterocycles. The number of methoxy groups -OCH3 is 1. The van der Waals surface area contributed by atoms with Gasteiger partial charge in [0.15, 0.2) is 0 Å². The van der Waals surface area contributed by atoms with E-state index in [0.29, 0.717) is 23.0 Å². The largest absolute Gasteiger partial charge is 0.495 e. The van der Waals surface area contributed by atoms with Crippen LogP contribution in [0.1, 0.15) is 11.6 Å². The maximum atomic E-state index is 12.6. The minimum atomic E-state index is -0.0447. The van der Waals surface area contributed by atoms with Gasteiger partial charge in [-0.1, -0.05) is 41.9 Å². The third kappa shape index (κ3) is 4.55. The van der Waals surface area contributed by atoms with Gasteiger partial charge >= 0.3 is 0 Å². The number of anilines is 1. The minimum Gasteiger partial charge on any atom is -0.495 e. The Bertz CT molecular complexity index is 754. The summed E-state index contributed by atoms with van der Waals surface area (Å²) in [5.41, 5.74) is 1.91. The van der Waals surface area contributed by atoms with Crippen LogP contribution >= 0.6 is 11.6 Å². The Morgan fingerprint density at radius 3 is 2.69 bits per heavy atom. The third-order valence-corrected chi connectivity index (χ3v) is 4.96. The molecular weight excluding hydrogens is 350 g/mol. The molecule has 0 bridgehead atoms. The normalized spacial score (nSPS) is 18.5. The summed E-state index contributed by atoms with van der Waals surface area (Å²) in [5, 5.41) is 3.41. The molecule has 0 saturated carbocycles. The molecule has 0 aromatic heterocycles. The zero-order valence-corrected chi connectivity index (χ0v) is 15.9. The summed E-state index contributed by atoms with van der Waals surface area (Å²) in [7, 11) is 3.68. The Hall–Kier alpha value is -2.08. The highest BCUT2D eigenvalue weighted by atomic mass is 35.5. The number of amides is 1. The smallest absolute Gasteiger partial charge is 0.238 e. The number of benzene rings is 2. The highest BCUT2D eigenvalue weighted by Crippen LogP contribution is 2.28. The average Bonchev–Trinajstić information content (AvgIpc) is 2.64. The molecule has 2 aromatic carbocycles. The lowest BCUT2D eigenvalue weighted by Gasteiger charge is -2.39. The zero-order valence-electron chi connectivity index (χ0n) is 15.1. The van der Waals surface area contributed by atoms with Gasteiger partial charge in [0.25, 0.3) is 0 Å². The Morgan fingerprint density at radius 1 is 1.23 bits per heavy atom. The summed E-state index contributed by atoms with van der Waals surface area (Å²) in [6, 6.07) is 15.8. The molecule has 0 aliphatic carbocycles. The van der Waals surface area contributed by atoms with E-state index in [1.165, 1.54) is 5.56 Å². The van der Waals surface area contributed by atoms with Gasteiger partial charge in [-0.3, -0.25) is 9.69 Å². The van der Waals surface area contributed by atoms with Gasteiger partial charge in [-0.2, -0.15) is 0 Å². The number of likely N-dealkylation sites (N-methyl/N-ethyl adjacent to an activating group) is 1. The van der Waals surface area contributed by atoms with Crippen LogP contribution in [0.5, 0.6) is 5.75 Å². The Balaban J connectivity index is 1.67. The maximum Gasteiger partial charge on any atom is 0.238 e. The summed E-state index contributed by atoms with van der Waals surface area (Å²) in [5.74, 6) is 0.546. The summed E-state index contributed by atoms with van der Waals surface area (Å²) in [4.78, 5) is 17.1. The fourth-order valence-corrected chi connectivity index (χ4v) is 3.52. The van der Waals surface area contributed by atoms with E-state index in [2.05, 4.69) is 34.3 Å². The standard InChI is InChI=1S/C20H24ClN3O2/c1-23-10-11-24(18(13-23)15-6-4-3-5-7-15)14-20(25)22-16-8-9-19(26-2)17(21)12-16/h3-9,12,18H,10-11,13-14H2,1-2H3,(H,22,25). The second-order valence-corrected chi connectivity index (χ2v) is 6.96. The van der Waals surface area contributed by atoms with E-state index in [9.17, 15) is 4.79 Å². The molecule has 6 heteroatoms. The quantitative estimate of drug-likeness (QED) is 0.873. The second kappa shape index (κ2) is 8.54. The first-order chi connectivity index (χ1) is 12.6. The van der Waals surface area contributed by atoms with Crippen molar-refractivity contribution in [1.29, 1.82) is 0 Å². The highest BCUT2D eigenvalue weighted by molar-refractivity contribution is 6.32. The van der Waals surface area contributed by atoms with Crippen LogP contribution in [0.4, 0.5) is 5.69 Å². The number of hydrogen-bond donors (Lipinski definition) is 1. The Morgan fingerprint density at radius 2 is 2.00 bits per heavy atom. The SMILES string of the molecule is COc1ccc(NC(=O)CN2CCN(C)CC2c2ccccc2)cc1Cl. The number of nitrogens with zero attached hydrogens (tertiary/aromatic N) is 2. The van der Waals surface area contributed by atoms with E-state index in [-0.39, 0.29) is 11.9 Å². The van der Waals surface area contributed by atoms with E-state index < -0.39 is 0 Å². The molecule has 1 N–H and O–H groups in total. The van der Waals surface area contributed by atoms with Crippen molar-refractivity contribution in [1.82, 2.24) is 9.80 Å². The predicted molar refractivity (Wildman–Crippen MR) is 105 cm³/mol. The molecule has 1 amide bonds. The van der Waals surface area contributed by atoms with Crippen LogP contribution in [0.15, 0.2) is 48.5 Å². The molecule has 138 valence electrons. The van der Waals surface area contributed by atoms with Crippen LogP contribution in [0.3, 0.4) is 0 Å². The van der Waals surface area contributed by atoms with Crippen molar-refractivity contribution >= 4 is 23.2 Å². The van der Waals surface area contributed by atoms with Crippen LogP contribution in [0.2, 0.25) is 5.02 Å². The van der Waals surface area contributed by atoms with E-state index in [1.807, 2.05) is 18.2 Å². The molecule has 1 fully saturated rings. The Labute approximate surface area is 159 Å². The van der Waals surface area contributed by atoms with Gasteiger partial charge in [0, 0.05) is 31.4 Å². The summed E-state index contributed by atoms with van der Waals surface area (Å²) in [6.45, 7) is 3.06. The van der Waals surface area contributed by atoms with Crippen molar-refractivity contribution in [2.24, 2.45) is 0 Å². The topological polar surface area (TPSA) is 44.8 Å². The van der Waals surface area contributed by atoms with Crippen molar-refractivity contribution < 1.29 is 9.53 Å². The number of rotatable bonds is 5. The van der Waals surface area contributed by atoms with Crippen LogP contribution < -0.4 is 10.1 Å².